The molecular weight excluding hydrogens is 220 g/mol. The number of carbonyl (C=O) groups is 1. The summed E-state index contributed by atoms with van der Waals surface area (Å²) in [7, 11) is 0. The number of ether oxygens (including phenoxy) is 3. The molecule has 17 heavy (non-hydrogen) atoms. The maximum absolute atomic E-state index is 11.5. The molecule has 94 valence electrons. The third-order valence-corrected chi connectivity index (χ3v) is 2.06. The lowest BCUT2D eigenvalue weighted by molar-refractivity contribution is -0.152. The van der Waals surface area contributed by atoms with Gasteiger partial charge in [-0.15, -0.1) is 0 Å². The monoisotopic (exact) mass is 238 g/mol. The van der Waals surface area contributed by atoms with Gasteiger partial charge in [-0.3, -0.25) is 0 Å². The van der Waals surface area contributed by atoms with Crippen molar-refractivity contribution < 1.29 is 19.0 Å². The molecule has 0 radical (unpaired) electrons. The summed E-state index contributed by atoms with van der Waals surface area (Å²) in [5.41, 5.74) is 0. The van der Waals surface area contributed by atoms with Crippen LogP contribution in [0.4, 0.5) is 0 Å². The van der Waals surface area contributed by atoms with Gasteiger partial charge in [0.25, 0.3) is 0 Å². The minimum Gasteiger partial charge on any atom is -0.479 e. The van der Waals surface area contributed by atoms with Crippen LogP contribution in [0.15, 0.2) is 30.3 Å². The SMILES string of the molecule is CCOCCOC(=O)C(C)Oc1ccccc1. The molecule has 0 spiro atoms. The van der Waals surface area contributed by atoms with Crippen LogP contribution in [0.2, 0.25) is 0 Å². The Morgan fingerprint density at radius 3 is 2.59 bits per heavy atom. The minimum atomic E-state index is -0.612. The van der Waals surface area contributed by atoms with Crippen LogP contribution >= 0.6 is 0 Å². The summed E-state index contributed by atoms with van der Waals surface area (Å²) in [6.07, 6.45) is -0.612. The highest BCUT2D eigenvalue weighted by atomic mass is 16.6. The van der Waals surface area contributed by atoms with Crippen molar-refractivity contribution in [1.82, 2.24) is 0 Å². The quantitative estimate of drug-likeness (QED) is 0.538. The van der Waals surface area contributed by atoms with Crippen LogP contribution in [0.5, 0.6) is 5.75 Å². The van der Waals surface area contributed by atoms with Crippen molar-refractivity contribution >= 4 is 5.97 Å². The molecule has 4 heteroatoms. The van der Waals surface area contributed by atoms with E-state index in [1.807, 2.05) is 25.1 Å². The Balaban J connectivity index is 2.27. The average Bonchev–Trinajstić information content (AvgIpc) is 2.35. The van der Waals surface area contributed by atoms with Gasteiger partial charge in [0.1, 0.15) is 12.4 Å². The van der Waals surface area contributed by atoms with E-state index in [1.165, 1.54) is 0 Å². The Hall–Kier alpha value is -1.55. The highest BCUT2D eigenvalue weighted by Gasteiger charge is 2.15. The van der Waals surface area contributed by atoms with Crippen molar-refractivity contribution in [3.05, 3.63) is 30.3 Å². The fraction of sp³-hybridized carbons (Fsp3) is 0.462. The Morgan fingerprint density at radius 1 is 1.24 bits per heavy atom. The number of hydrogen-bond donors (Lipinski definition) is 0. The molecule has 0 saturated heterocycles. The fourth-order valence-corrected chi connectivity index (χ4v) is 1.21. The Labute approximate surface area is 101 Å². The van der Waals surface area contributed by atoms with Crippen LogP contribution < -0.4 is 4.74 Å². The van der Waals surface area contributed by atoms with Crippen molar-refractivity contribution in [2.45, 2.75) is 20.0 Å². The van der Waals surface area contributed by atoms with Crippen LogP contribution in [0.1, 0.15) is 13.8 Å². The lowest BCUT2D eigenvalue weighted by atomic mass is 10.3. The summed E-state index contributed by atoms with van der Waals surface area (Å²) in [5, 5.41) is 0. The van der Waals surface area contributed by atoms with E-state index in [0.717, 1.165) is 0 Å². The second-order valence-corrected chi connectivity index (χ2v) is 3.44. The normalized spacial score (nSPS) is 11.9. The molecule has 1 aromatic rings. The fourth-order valence-electron chi connectivity index (χ4n) is 1.21. The van der Waals surface area contributed by atoms with Crippen molar-refractivity contribution in [3.63, 3.8) is 0 Å². The first-order valence-electron chi connectivity index (χ1n) is 5.70. The van der Waals surface area contributed by atoms with Gasteiger partial charge >= 0.3 is 5.97 Å². The summed E-state index contributed by atoms with van der Waals surface area (Å²) in [6.45, 7) is 4.85. The lowest BCUT2D eigenvalue weighted by Crippen LogP contribution is -2.27. The van der Waals surface area contributed by atoms with Gasteiger partial charge in [-0.2, -0.15) is 0 Å². The lowest BCUT2D eigenvalue weighted by Gasteiger charge is -2.13. The van der Waals surface area contributed by atoms with E-state index >= 15 is 0 Å². The smallest absolute Gasteiger partial charge is 0.347 e. The molecule has 0 fully saturated rings. The zero-order valence-corrected chi connectivity index (χ0v) is 10.2. The zero-order chi connectivity index (χ0) is 12.5. The number of hydrogen-bond acceptors (Lipinski definition) is 4. The summed E-state index contributed by atoms with van der Waals surface area (Å²) in [5.74, 6) is 0.273. The molecule has 0 aromatic heterocycles. The summed E-state index contributed by atoms with van der Waals surface area (Å²) >= 11 is 0. The number of carbonyl (C=O) groups excluding carboxylic acids is 1. The molecule has 1 unspecified atom stereocenters. The second kappa shape index (κ2) is 7.68. The number of benzene rings is 1. The van der Waals surface area contributed by atoms with Gasteiger partial charge in [0.15, 0.2) is 6.10 Å². The number of rotatable bonds is 7. The Bertz CT molecular complexity index is 323. The van der Waals surface area contributed by atoms with E-state index in [1.54, 1.807) is 19.1 Å². The molecule has 0 heterocycles. The Kier molecular flexibility index (Phi) is 6.10. The molecule has 0 bridgehead atoms. The molecule has 4 nitrogen and oxygen atoms in total. The van der Waals surface area contributed by atoms with Crippen LogP contribution in [0.3, 0.4) is 0 Å². The molecule has 0 saturated carbocycles. The van der Waals surface area contributed by atoms with E-state index in [9.17, 15) is 4.79 Å². The molecule has 0 aliphatic heterocycles. The van der Waals surface area contributed by atoms with Gasteiger partial charge in [-0.25, -0.2) is 4.79 Å². The number of para-hydroxylation sites is 1. The maximum atomic E-state index is 11.5. The van der Waals surface area contributed by atoms with E-state index in [-0.39, 0.29) is 12.6 Å². The van der Waals surface area contributed by atoms with Crippen molar-refractivity contribution in [2.24, 2.45) is 0 Å². The Morgan fingerprint density at radius 2 is 1.94 bits per heavy atom. The highest BCUT2D eigenvalue weighted by molar-refractivity contribution is 5.74. The molecule has 1 atom stereocenters. The van der Waals surface area contributed by atoms with E-state index in [0.29, 0.717) is 19.0 Å². The predicted octanol–water partition coefficient (Wildman–Crippen LogP) is 2.03. The second-order valence-electron chi connectivity index (χ2n) is 3.44. The van der Waals surface area contributed by atoms with Crippen LogP contribution in [-0.4, -0.2) is 31.9 Å². The van der Waals surface area contributed by atoms with Gasteiger partial charge in [0.2, 0.25) is 0 Å². The largest absolute Gasteiger partial charge is 0.479 e. The van der Waals surface area contributed by atoms with E-state index in [4.69, 9.17) is 14.2 Å². The van der Waals surface area contributed by atoms with Crippen molar-refractivity contribution in [1.29, 1.82) is 0 Å². The van der Waals surface area contributed by atoms with Crippen LogP contribution in [-0.2, 0) is 14.3 Å². The minimum absolute atomic E-state index is 0.259. The first-order valence-corrected chi connectivity index (χ1v) is 5.70. The summed E-state index contributed by atoms with van der Waals surface area (Å²) in [6, 6.07) is 9.18. The first kappa shape index (κ1) is 13.5. The van der Waals surface area contributed by atoms with Gasteiger partial charge in [0.05, 0.1) is 6.61 Å². The molecule has 0 aliphatic rings. The standard InChI is InChI=1S/C13H18O4/c1-3-15-9-10-16-13(14)11(2)17-12-7-5-4-6-8-12/h4-8,11H,3,9-10H2,1-2H3. The molecule has 1 aromatic carbocycles. The van der Waals surface area contributed by atoms with Gasteiger partial charge in [-0.05, 0) is 26.0 Å². The summed E-state index contributed by atoms with van der Waals surface area (Å²) < 4.78 is 15.5. The van der Waals surface area contributed by atoms with Crippen LogP contribution in [0, 0.1) is 0 Å². The van der Waals surface area contributed by atoms with E-state index in [2.05, 4.69) is 0 Å². The van der Waals surface area contributed by atoms with Gasteiger partial charge < -0.3 is 14.2 Å². The van der Waals surface area contributed by atoms with Crippen molar-refractivity contribution in [3.8, 4) is 5.75 Å². The van der Waals surface area contributed by atoms with Crippen LogP contribution in [0.25, 0.3) is 0 Å². The highest BCUT2D eigenvalue weighted by Crippen LogP contribution is 2.11. The maximum Gasteiger partial charge on any atom is 0.347 e. The third-order valence-electron chi connectivity index (χ3n) is 2.06. The first-order chi connectivity index (χ1) is 8.24. The van der Waals surface area contributed by atoms with Crippen molar-refractivity contribution in [2.75, 3.05) is 19.8 Å². The summed E-state index contributed by atoms with van der Waals surface area (Å²) in [4.78, 5) is 11.5. The molecule has 0 N–H and O–H groups in total. The molecular formula is C13H18O4. The number of esters is 1. The van der Waals surface area contributed by atoms with E-state index < -0.39 is 6.10 Å². The van der Waals surface area contributed by atoms with Gasteiger partial charge in [0, 0.05) is 6.61 Å². The molecule has 0 aliphatic carbocycles. The van der Waals surface area contributed by atoms with Gasteiger partial charge in [-0.1, -0.05) is 18.2 Å². The third kappa shape index (κ3) is 5.36. The predicted molar refractivity (Wildman–Crippen MR) is 64.0 cm³/mol. The average molecular weight is 238 g/mol. The zero-order valence-electron chi connectivity index (χ0n) is 10.2. The topological polar surface area (TPSA) is 44.8 Å². The molecule has 1 rings (SSSR count). The molecule has 0 amide bonds.